The lowest BCUT2D eigenvalue weighted by molar-refractivity contribution is -0.119. The van der Waals surface area contributed by atoms with Gasteiger partial charge in [0.25, 0.3) is 5.91 Å². The van der Waals surface area contributed by atoms with Crippen molar-refractivity contribution >= 4 is 29.2 Å². The average Bonchev–Trinajstić information content (AvgIpc) is 2.66. The number of hydrogen-bond donors (Lipinski definition) is 1. The monoisotopic (exact) mass is 388 g/mol. The maximum absolute atomic E-state index is 12.1. The molecule has 7 nitrogen and oxygen atoms in total. The number of nitriles is 1. The molecule has 2 aromatic rings. The number of hydrogen-bond acceptors (Lipinski definition) is 6. The van der Waals surface area contributed by atoms with Gasteiger partial charge in [0.05, 0.1) is 30.5 Å². The van der Waals surface area contributed by atoms with Gasteiger partial charge in [0.2, 0.25) is 0 Å². The molecule has 0 aliphatic heterocycles. The largest absolute Gasteiger partial charge is 0.493 e. The molecular weight excluding hydrogens is 372 g/mol. The van der Waals surface area contributed by atoms with Gasteiger partial charge >= 0.3 is 5.97 Å². The third-order valence-corrected chi connectivity index (χ3v) is 3.64. The Kier molecular flexibility index (Phi) is 7.03. The fourth-order valence-electron chi connectivity index (χ4n) is 2.19. The van der Waals surface area contributed by atoms with Crippen molar-refractivity contribution in [2.24, 2.45) is 0 Å². The number of rotatable bonds is 7. The Morgan fingerprint density at radius 1 is 1.19 bits per heavy atom. The smallest absolute Gasteiger partial charge is 0.338 e. The summed E-state index contributed by atoms with van der Waals surface area (Å²) in [5, 5.41) is 11.9. The number of esters is 1. The van der Waals surface area contributed by atoms with E-state index in [1.807, 2.05) is 13.0 Å². The molecule has 0 atom stereocenters. The van der Waals surface area contributed by atoms with E-state index in [9.17, 15) is 9.59 Å². The molecule has 0 saturated carbocycles. The summed E-state index contributed by atoms with van der Waals surface area (Å²) in [5.74, 6) is -0.411. The van der Waals surface area contributed by atoms with Crippen LogP contribution in [0, 0.1) is 11.3 Å². The molecule has 2 rings (SSSR count). The summed E-state index contributed by atoms with van der Waals surface area (Å²) in [5.41, 5.74) is 0.702. The first-order chi connectivity index (χ1) is 13.0. The van der Waals surface area contributed by atoms with E-state index in [0.29, 0.717) is 23.1 Å². The lowest BCUT2D eigenvalue weighted by Crippen LogP contribution is -2.21. The molecule has 0 unspecified atom stereocenters. The molecule has 0 spiro atoms. The molecule has 0 aromatic heterocycles. The number of benzene rings is 2. The molecule has 27 heavy (non-hydrogen) atoms. The van der Waals surface area contributed by atoms with E-state index in [1.165, 1.54) is 37.4 Å². The summed E-state index contributed by atoms with van der Waals surface area (Å²) in [6.07, 6.45) is 0. The number of halogens is 1. The quantitative estimate of drug-likeness (QED) is 0.730. The van der Waals surface area contributed by atoms with Crippen molar-refractivity contribution in [1.29, 1.82) is 5.26 Å². The van der Waals surface area contributed by atoms with Crippen LogP contribution in [0.2, 0.25) is 5.02 Å². The van der Waals surface area contributed by atoms with Gasteiger partial charge < -0.3 is 19.5 Å². The van der Waals surface area contributed by atoms with Crippen molar-refractivity contribution in [2.45, 2.75) is 6.92 Å². The topological polar surface area (TPSA) is 97.6 Å². The van der Waals surface area contributed by atoms with Crippen LogP contribution in [-0.4, -0.2) is 32.2 Å². The van der Waals surface area contributed by atoms with Crippen LogP contribution < -0.4 is 14.8 Å². The van der Waals surface area contributed by atoms with E-state index < -0.39 is 18.5 Å². The van der Waals surface area contributed by atoms with Crippen molar-refractivity contribution in [2.75, 3.05) is 25.6 Å². The number of ether oxygens (including phenoxy) is 3. The number of carbonyl (C=O) groups is 2. The van der Waals surface area contributed by atoms with Crippen LogP contribution in [-0.2, 0) is 9.53 Å². The third-order valence-electron chi connectivity index (χ3n) is 3.41. The first kappa shape index (κ1) is 20.1. The minimum Gasteiger partial charge on any atom is -0.493 e. The van der Waals surface area contributed by atoms with Gasteiger partial charge in [0, 0.05) is 5.02 Å². The summed E-state index contributed by atoms with van der Waals surface area (Å²) in [4.78, 5) is 24.1. The van der Waals surface area contributed by atoms with Gasteiger partial charge in [-0.3, -0.25) is 4.79 Å². The van der Waals surface area contributed by atoms with Gasteiger partial charge in [0.1, 0.15) is 6.07 Å². The molecule has 1 amide bonds. The van der Waals surface area contributed by atoms with Crippen LogP contribution in [0.3, 0.4) is 0 Å². The molecule has 0 heterocycles. The van der Waals surface area contributed by atoms with Gasteiger partial charge in [-0.2, -0.15) is 5.26 Å². The predicted octanol–water partition coefficient (Wildman–Crippen LogP) is 3.41. The Bertz CT molecular complexity index is 892. The second kappa shape index (κ2) is 9.46. The first-order valence-corrected chi connectivity index (χ1v) is 8.33. The average molecular weight is 389 g/mol. The van der Waals surface area contributed by atoms with E-state index in [4.69, 9.17) is 31.1 Å². The molecule has 0 bridgehead atoms. The number of carbonyl (C=O) groups excluding carboxylic acids is 2. The highest BCUT2D eigenvalue weighted by Gasteiger charge is 2.15. The molecule has 0 saturated heterocycles. The molecule has 0 aliphatic carbocycles. The van der Waals surface area contributed by atoms with E-state index >= 15 is 0 Å². The third kappa shape index (κ3) is 5.36. The van der Waals surface area contributed by atoms with Crippen LogP contribution in [0.1, 0.15) is 22.8 Å². The van der Waals surface area contributed by atoms with Crippen LogP contribution >= 0.6 is 11.6 Å². The Balaban J connectivity index is 2.00. The summed E-state index contributed by atoms with van der Waals surface area (Å²) in [6.45, 7) is 1.76. The number of amides is 1. The molecule has 0 fully saturated rings. The SMILES string of the molecule is CCOc1ccc(C(=O)OCC(=O)Nc2cc(Cl)ccc2C#N)cc1OC. The fraction of sp³-hybridized carbons (Fsp3) is 0.211. The number of nitrogens with one attached hydrogen (secondary N) is 1. The van der Waals surface area contributed by atoms with Crippen LogP contribution in [0.15, 0.2) is 36.4 Å². The highest BCUT2D eigenvalue weighted by atomic mass is 35.5. The molecule has 1 N–H and O–H groups in total. The lowest BCUT2D eigenvalue weighted by Gasteiger charge is -2.11. The normalized spacial score (nSPS) is 9.85. The number of anilines is 1. The maximum atomic E-state index is 12.1. The Morgan fingerprint density at radius 2 is 1.96 bits per heavy atom. The summed E-state index contributed by atoms with van der Waals surface area (Å²) >= 11 is 5.86. The first-order valence-electron chi connectivity index (χ1n) is 7.96. The molecule has 140 valence electrons. The minimum atomic E-state index is -0.696. The van der Waals surface area contributed by atoms with Gasteiger partial charge in [-0.25, -0.2) is 4.79 Å². The maximum Gasteiger partial charge on any atom is 0.338 e. The summed E-state index contributed by atoms with van der Waals surface area (Å²) in [7, 11) is 1.46. The fourth-order valence-corrected chi connectivity index (χ4v) is 2.36. The second-order valence-electron chi connectivity index (χ2n) is 5.22. The second-order valence-corrected chi connectivity index (χ2v) is 5.66. The van der Waals surface area contributed by atoms with E-state index in [1.54, 1.807) is 6.07 Å². The van der Waals surface area contributed by atoms with E-state index in [-0.39, 0.29) is 16.8 Å². The van der Waals surface area contributed by atoms with Crippen molar-refractivity contribution in [3.8, 4) is 17.6 Å². The molecule has 8 heteroatoms. The Hall–Kier alpha value is -3.24. The van der Waals surface area contributed by atoms with Crippen LogP contribution in [0.4, 0.5) is 5.69 Å². The molecule has 2 aromatic carbocycles. The predicted molar refractivity (Wildman–Crippen MR) is 99.2 cm³/mol. The van der Waals surface area contributed by atoms with E-state index in [0.717, 1.165) is 0 Å². The standard InChI is InChI=1S/C19H17ClN2O5/c1-3-26-16-7-5-12(8-17(16)25-2)19(24)27-11-18(23)22-15-9-14(20)6-4-13(15)10-21/h4-9H,3,11H2,1-2H3,(H,22,23). The van der Waals surface area contributed by atoms with Crippen molar-refractivity contribution in [3.63, 3.8) is 0 Å². The summed E-state index contributed by atoms with van der Waals surface area (Å²) < 4.78 is 15.6. The molecule has 0 radical (unpaired) electrons. The summed E-state index contributed by atoms with van der Waals surface area (Å²) in [6, 6.07) is 11.0. The lowest BCUT2D eigenvalue weighted by atomic mass is 10.2. The van der Waals surface area contributed by atoms with Gasteiger partial charge in [-0.1, -0.05) is 11.6 Å². The molecule has 0 aliphatic rings. The van der Waals surface area contributed by atoms with Crippen molar-refractivity contribution in [3.05, 3.63) is 52.5 Å². The molecular formula is C19H17ClN2O5. The van der Waals surface area contributed by atoms with Crippen molar-refractivity contribution < 1.29 is 23.8 Å². The highest BCUT2D eigenvalue weighted by molar-refractivity contribution is 6.31. The van der Waals surface area contributed by atoms with Gasteiger partial charge in [-0.05, 0) is 43.3 Å². The van der Waals surface area contributed by atoms with Crippen LogP contribution in [0.25, 0.3) is 0 Å². The van der Waals surface area contributed by atoms with Crippen LogP contribution in [0.5, 0.6) is 11.5 Å². The number of nitrogens with zero attached hydrogens (tertiary/aromatic N) is 1. The van der Waals surface area contributed by atoms with Gasteiger partial charge in [0.15, 0.2) is 18.1 Å². The van der Waals surface area contributed by atoms with Gasteiger partial charge in [-0.15, -0.1) is 0 Å². The zero-order valence-corrected chi connectivity index (χ0v) is 15.5. The zero-order valence-electron chi connectivity index (χ0n) is 14.7. The zero-order chi connectivity index (χ0) is 19.8. The highest BCUT2D eigenvalue weighted by Crippen LogP contribution is 2.28. The van der Waals surface area contributed by atoms with E-state index in [2.05, 4.69) is 5.32 Å². The number of methoxy groups -OCH3 is 1. The van der Waals surface area contributed by atoms with Crippen molar-refractivity contribution in [1.82, 2.24) is 0 Å². The Morgan fingerprint density at radius 3 is 2.63 bits per heavy atom. The Labute approximate surface area is 161 Å². The minimum absolute atomic E-state index is 0.212.